The average molecular weight is 418 g/mol. The first kappa shape index (κ1) is 20.9. The van der Waals surface area contributed by atoms with Crippen molar-refractivity contribution < 1.29 is 23.9 Å². The van der Waals surface area contributed by atoms with Gasteiger partial charge in [-0.15, -0.1) is 0 Å². The minimum Gasteiger partial charge on any atom is -0.449 e. The van der Waals surface area contributed by atoms with Crippen molar-refractivity contribution >= 4 is 17.7 Å². The first-order valence-corrected chi connectivity index (χ1v) is 10.7. The van der Waals surface area contributed by atoms with Gasteiger partial charge in [-0.1, -0.05) is 26.2 Å². The molecule has 4 aliphatic rings. The summed E-state index contributed by atoms with van der Waals surface area (Å²) in [6.07, 6.45) is 3.33. The molecule has 0 bridgehead atoms. The van der Waals surface area contributed by atoms with Gasteiger partial charge in [0.1, 0.15) is 6.61 Å². The highest BCUT2D eigenvalue weighted by Gasteiger charge is 2.72. The van der Waals surface area contributed by atoms with Crippen LogP contribution < -0.4 is 16.4 Å². The molecule has 0 aromatic rings. The number of hydrogen-bond donors (Lipinski definition) is 3. The monoisotopic (exact) mass is 418 g/mol. The number of carbonyl (C=O) groups is 3. The summed E-state index contributed by atoms with van der Waals surface area (Å²) in [5.74, 6) is -1.000. The number of ether oxygens (including phenoxy) is 2. The summed E-state index contributed by atoms with van der Waals surface area (Å²) >= 11 is 0. The quantitative estimate of drug-likeness (QED) is 0.281. The minimum atomic E-state index is -0.938. The van der Waals surface area contributed by atoms with E-state index in [1.807, 2.05) is 4.90 Å². The van der Waals surface area contributed by atoms with Gasteiger partial charge in [-0.25, -0.2) is 4.79 Å². The zero-order valence-corrected chi connectivity index (χ0v) is 17.7. The molecular formula is C21H30N4O5. The molecule has 2 unspecified atom stereocenters. The highest BCUT2D eigenvalue weighted by molar-refractivity contribution is 6.25. The number of piperazine rings is 1. The molecule has 4 rings (SSSR count). The standard InChI is InChI=1S/C21H30N4O5/c1-4-5-6-7-8-23-15-11(2)17(26)16-14(18(15)27)12(10-30-20(22)28)21(29-3)19-13(24-19)9-25(16)21/h12-13,19,23-24H,4-10H2,1-3H3,(H2,22,28)/t12-,13?,19?,21-/m1/s1. The highest BCUT2D eigenvalue weighted by Crippen LogP contribution is 2.55. The van der Waals surface area contributed by atoms with E-state index in [2.05, 4.69) is 17.6 Å². The lowest BCUT2D eigenvalue weighted by Gasteiger charge is -2.39. The number of ketones is 2. The van der Waals surface area contributed by atoms with Gasteiger partial charge in [-0.05, 0) is 13.3 Å². The second-order valence-electron chi connectivity index (χ2n) is 8.41. The summed E-state index contributed by atoms with van der Waals surface area (Å²) < 4.78 is 11.1. The number of fused-ring (bicyclic) bond motifs is 4. The molecule has 9 heteroatoms. The fourth-order valence-electron chi connectivity index (χ4n) is 5.27. The van der Waals surface area contributed by atoms with Crippen molar-refractivity contribution in [1.29, 1.82) is 0 Å². The molecule has 1 aliphatic carbocycles. The van der Waals surface area contributed by atoms with Gasteiger partial charge in [0.2, 0.25) is 11.6 Å². The van der Waals surface area contributed by atoms with Crippen LogP contribution in [0.15, 0.2) is 22.5 Å². The highest BCUT2D eigenvalue weighted by atomic mass is 16.6. The van der Waals surface area contributed by atoms with E-state index in [4.69, 9.17) is 15.2 Å². The van der Waals surface area contributed by atoms with Crippen LogP contribution in [0.1, 0.15) is 39.5 Å². The van der Waals surface area contributed by atoms with Gasteiger partial charge >= 0.3 is 6.09 Å². The first-order valence-electron chi connectivity index (χ1n) is 10.7. The maximum absolute atomic E-state index is 13.5. The lowest BCUT2D eigenvalue weighted by Crippen LogP contribution is -2.55. The Kier molecular flexibility index (Phi) is 5.36. The second kappa shape index (κ2) is 7.70. The number of amides is 1. The van der Waals surface area contributed by atoms with E-state index >= 15 is 0 Å². The summed E-state index contributed by atoms with van der Waals surface area (Å²) in [6, 6.07) is 0.140. The molecule has 30 heavy (non-hydrogen) atoms. The number of carbonyl (C=O) groups excluding carboxylic acids is 3. The van der Waals surface area contributed by atoms with Crippen LogP contribution in [-0.2, 0) is 19.1 Å². The SMILES string of the molecule is CCCCCCNC1=C(C)C(=O)C2=C(C1=O)[C@@H](COC(N)=O)[C@@]1(OC)C3NC3CN21. The van der Waals surface area contributed by atoms with Gasteiger partial charge in [0.05, 0.1) is 23.4 Å². The van der Waals surface area contributed by atoms with Crippen molar-refractivity contribution in [3.8, 4) is 0 Å². The first-order chi connectivity index (χ1) is 14.4. The third-order valence-electron chi connectivity index (χ3n) is 6.76. The number of Topliss-reactive ketones (excluding diaryl/α,β-unsaturated/α-hetero) is 2. The Labute approximate surface area is 176 Å². The molecule has 4 atom stereocenters. The fourth-order valence-corrected chi connectivity index (χ4v) is 5.27. The maximum Gasteiger partial charge on any atom is 0.404 e. The van der Waals surface area contributed by atoms with Gasteiger partial charge < -0.3 is 30.7 Å². The zero-order chi connectivity index (χ0) is 21.6. The number of hydrogen-bond acceptors (Lipinski definition) is 8. The summed E-state index contributed by atoms with van der Waals surface area (Å²) in [5, 5.41) is 6.54. The van der Waals surface area contributed by atoms with Gasteiger partial charge in [-0.2, -0.15) is 0 Å². The third-order valence-corrected chi connectivity index (χ3v) is 6.76. The average Bonchev–Trinajstić information content (AvgIpc) is 3.33. The van der Waals surface area contributed by atoms with Gasteiger partial charge in [-0.3, -0.25) is 9.59 Å². The number of allylic oxidation sites excluding steroid dienone is 2. The molecule has 0 saturated carbocycles. The minimum absolute atomic E-state index is 0.0408. The lowest BCUT2D eigenvalue weighted by atomic mass is 9.82. The van der Waals surface area contributed by atoms with Crippen molar-refractivity contribution in [2.45, 2.75) is 57.3 Å². The van der Waals surface area contributed by atoms with E-state index in [0.717, 1.165) is 25.7 Å². The summed E-state index contributed by atoms with van der Waals surface area (Å²) in [7, 11) is 1.56. The van der Waals surface area contributed by atoms with Gasteiger partial charge in [0.15, 0.2) is 5.72 Å². The van der Waals surface area contributed by atoms with E-state index in [1.165, 1.54) is 0 Å². The summed E-state index contributed by atoms with van der Waals surface area (Å²) in [5.41, 5.74) is 5.76. The van der Waals surface area contributed by atoms with Crippen LogP contribution in [0.2, 0.25) is 0 Å². The van der Waals surface area contributed by atoms with E-state index < -0.39 is 17.7 Å². The summed E-state index contributed by atoms with van der Waals surface area (Å²) in [4.78, 5) is 40.1. The predicted octanol–water partition coefficient (Wildman–Crippen LogP) is 0.560. The molecule has 2 fully saturated rings. The van der Waals surface area contributed by atoms with Gasteiger partial charge in [0.25, 0.3) is 0 Å². The van der Waals surface area contributed by atoms with Crippen molar-refractivity contribution in [3.63, 3.8) is 0 Å². The predicted molar refractivity (Wildman–Crippen MR) is 108 cm³/mol. The van der Waals surface area contributed by atoms with Crippen LogP contribution in [-0.4, -0.2) is 67.2 Å². The molecule has 9 nitrogen and oxygen atoms in total. The van der Waals surface area contributed by atoms with Crippen LogP contribution in [0, 0.1) is 5.92 Å². The normalized spacial score (nSPS) is 31.7. The van der Waals surface area contributed by atoms with Crippen molar-refractivity contribution in [1.82, 2.24) is 15.5 Å². The lowest BCUT2D eigenvalue weighted by molar-refractivity contribution is -0.137. The molecular weight excluding hydrogens is 388 g/mol. The van der Waals surface area contributed by atoms with Crippen molar-refractivity contribution in [2.24, 2.45) is 11.7 Å². The topological polar surface area (TPSA) is 133 Å². The van der Waals surface area contributed by atoms with E-state index in [0.29, 0.717) is 35.6 Å². The Morgan fingerprint density at radius 2 is 2.07 bits per heavy atom. The number of unbranched alkanes of at least 4 members (excludes halogenated alkanes) is 3. The van der Waals surface area contributed by atoms with Crippen LogP contribution in [0.5, 0.6) is 0 Å². The molecule has 3 aliphatic heterocycles. The Balaban J connectivity index is 1.64. The number of nitrogens with zero attached hydrogens (tertiary/aromatic N) is 1. The molecule has 0 radical (unpaired) electrons. The molecule has 1 amide bonds. The Morgan fingerprint density at radius 3 is 2.73 bits per heavy atom. The third kappa shape index (κ3) is 2.94. The number of nitrogens with two attached hydrogens (primary N) is 1. The Hall–Kier alpha value is -2.39. The molecule has 3 heterocycles. The number of nitrogens with one attached hydrogen (secondary N) is 2. The molecule has 4 N–H and O–H groups in total. The van der Waals surface area contributed by atoms with Crippen molar-refractivity contribution in [2.75, 3.05) is 26.8 Å². The fraction of sp³-hybridized carbons (Fsp3) is 0.667. The van der Waals surface area contributed by atoms with Crippen molar-refractivity contribution in [3.05, 3.63) is 22.5 Å². The van der Waals surface area contributed by atoms with E-state index in [-0.39, 0.29) is 30.3 Å². The molecule has 0 spiro atoms. The number of rotatable bonds is 9. The number of methoxy groups -OCH3 is 1. The Morgan fingerprint density at radius 1 is 1.30 bits per heavy atom. The smallest absolute Gasteiger partial charge is 0.404 e. The van der Waals surface area contributed by atoms with E-state index in [9.17, 15) is 14.4 Å². The molecule has 0 aromatic carbocycles. The number of primary amides is 1. The van der Waals surface area contributed by atoms with Gasteiger partial charge in [0, 0.05) is 37.4 Å². The zero-order valence-electron chi connectivity index (χ0n) is 17.7. The van der Waals surface area contributed by atoms with Crippen LogP contribution >= 0.6 is 0 Å². The van der Waals surface area contributed by atoms with Crippen LogP contribution in [0.4, 0.5) is 4.79 Å². The second-order valence-corrected chi connectivity index (χ2v) is 8.41. The summed E-state index contributed by atoms with van der Waals surface area (Å²) in [6.45, 7) is 4.90. The van der Waals surface area contributed by atoms with E-state index in [1.54, 1.807) is 14.0 Å². The Bertz CT molecular complexity index is 850. The van der Waals surface area contributed by atoms with Crippen LogP contribution in [0.3, 0.4) is 0 Å². The maximum atomic E-state index is 13.5. The molecule has 0 aromatic heterocycles. The van der Waals surface area contributed by atoms with Crippen LogP contribution in [0.25, 0.3) is 0 Å². The molecule has 2 saturated heterocycles. The largest absolute Gasteiger partial charge is 0.449 e. The molecule has 164 valence electrons.